The number of aryl methyl sites for hydroxylation is 2. The van der Waals surface area contributed by atoms with Crippen LogP contribution < -0.4 is 10.6 Å². The lowest BCUT2D eigenvalue weighted by molar-refractivity contribution is 0.0639. The van der Waals surface area contributed by atoms with Crippen molar-refractivity contribution >= 4 is 17.5 Å². The molecule has 2 N–H and O–H groups in total. The van der Waals surface area contributed by atoms with Crippen molar-refractivity contribution in [1.29, 1.82) is 0 Å². The van der Waals surface area contributed by atoms with Crippen molar-refractivity contribution in [1.82, 2.24) is 10.2 Å². The normalized spacial score (nSPS) is 17.9. The SMILES string of the molecule is CCc1ccc(C(=O)N2CCC3(CC2)NC(=O)c2cccc(C)c2N3)cc1. The van der Waals surface area contributed by atoms with Crippen LogP contribution in [-0.2, 0) is 6.42 Å². The van der Waals surface area contributed by atoms with Gasteiger partial charge in [-0.05, 0) is 42.7 Å². The van der Waals surface area contributed by atoms with E-state index in [0.717, 1.165) is 23.2 Å². The number of carbonyl (C=O) groups excluding carboxylic acids is 2. The summed E-state index contributed by atoms with van der Waals surface area (Å²) in [5.41, 5.74) is 4.15. The molecule has 2 amide bonds. The molecule has 0 bridgehead atoms. The van der Waals surface area contributed by atoms with Crippen molar-refractivity contribution in [2.75, 3.05) is 18.4 Å². The summed E-state index contributed by atoms with van der Waals surface area (Å²) in [6.07, 6.45) is 2.34. The van der Waals surface area contributed by atoms with Gasteiger partial charge in [-0.1, -0.05) is 31.2 Å². The summed E-state index contributed by atoms with van der Waals surface area (Å²) in [7, 11) is 0. The second kappa shape index (κ2) is 6.72. The van der Waals surface area contributed by atoms with Gasteiger partial charge < -0.3 is 15.5 Å². The van der Waals surface area contributed by atoms with Gasteiger partial charge in [0.15, 0.2) is 0 Å². The molecular weight excluding hydrogens is 338 g/mol. The third kappa shape index (κ3) is 3.18. The van der Waals surface area contributed by atoms with Crippen LogP contribution in [0.5, 0.6) is 0 Å². The molecule has 0 radical (unpaired) electrons. The van der Waals surface area contributed by atoms with Gasteiger partial charge in [-0.2, -0.15) is 0 Å². The maximum Gasteiger partial charge on any atom is 0.255 e. The molecule has 27 heavy (non-hydrogen) atoms. The molecule has 0 aromatic heterocycles. The van der Waals surface area contributed by atoms with Gasteiger partial charge in [-0.25, -0.2) is 0 Å². The van der Waals surface area contributed by atoms with Crippen LogP contribution in [0.15, 0.2) is 42.5 Å². The summed E-state index contributed by atoms with van der Waals surface area (Å²) in [5.74, 6) is 0.0219. The fourth-order valence-corrected chi connectivity index (χ4v) is 3.99. The Hall–Kier alpha value is -2.82. The highest BCUT2D eigenvalue weighted by atomic mass is 16.2. The number of carbonyl (C=O) groups is 2. The van der Waals surface area contributed by atoms with E-state index < -0.39 is 5.66 Å². The number of rotatable bonds is 2. The number of anilines is 1. The highest BCUT2D eigenvalue weighted by Crippen LogP contribution is 2.33. The highest BCUT2D eigenvalue weighted by molar-refractivity contribution is 6.03. The number of piperidine rings is 1. The van der Waals surface area contributed by atoms with Crippen LogP contribution in [-0.4, -0.2) is 35.5 Å². The molecule has 2 heterocycles. The second-order valence-electron chi connectivity index (χ2n) is 7.50. The van der Waals surface area contributed by atoms with Gasteiger partial charge in [0.05, 0.1) is 11.3 Å². The minimum atomic E-state index is -0.473. The van der Waals surface area contributed by atoms with Crippen molar-refractivity contribution in [2.24, 2.45) is 0 Å². The number of nitrogens with one attached hydrogen (secondary N) is 2. The van der Waals surface area contributed by atoms with Crippen molar-refractivity contribution < 1.29 is 9.59 Å². The van der Waals surface area contributed by atoms with E-state index in [1.807, 2.05) is 54.3 Å². The molecule has 5 nitrogen and oxygen atoms in total. The number of hydrogen-bond acceptors (Lipinski definition) is 3. The van der Waals surface area contributed by atoms with E-state index >= 15 is 0 Å². The number of amides is 2. The Kier molecular flexibility index (Phi) is 4.38. The first kappa shape index (κ1) is 17.6. The standard InChI is InChI=1S/C22H25N3O2/c1-3-16-7-9-17(10-8-16)21(27)25-13-11-22(12-14-25)23-19-15(2)5-4-6-18(19)20(26)24-22/h4-10,23H,3,11-14H2,1-2H3,(H,24,26). The lowest BCUT2D eigenvalue weighted by Gasteiger charge is -2.46. The molecule has 1 saturated heterocycles. The minimum absolute atomic E-state index is 0.0395. The van der Waals surface area contributed by atoms with Gasteiger partial charge in [-0.3, -0.25) is 9.59 Å². The summed E-state index contributed by atoms with van der Waals surface area (Å²) < 4.78 is 0. The van der Waals surface area contributed by atoms with Gasteiger partial charge in [0, 0.05) is 31.5 Å². The maximum absolute atomic E-state index is 12.8. The molecule has 0 aliphatic carbocycles. The molecule has 4 rings (SSSR count). The summed E-state index contributed by atoms with van der Waals surface area (Å²) >= 11 is 0. The van der Waals surface area contributed by atoms with Crippen molar-refractivity contribution in [3.8, 4) is 0 Å². The fraction of sp³-hybridized carbons (Fsp3) is 0.364. The van der Waals surface area contributed by atoms with Crippen LogP contribution in [0.4, 0.5) is 5.69 Å². The van der Waals surface area contributed by atoms with Gasteiger partial charge in [-0.15, -0.1) is 0 Å². The molecule has 140 valence electrons. The van der Waals surface area contributed by atoms with Crippen LogP contribution >= 0.6 is 0 Å². The first-order valence-electron chi connectivity index (χ1n) is 9.60. The molecule has 2 aromatic carbocycles. The predicted molar refractivity (Wildman–Crippen MR) is 106 cm³/mol. The molecular formula is C22H25N3O2. The smallest absolute Gasteiger partial charge is 0.255 e. The van der Waals surface area contributed by atoms with Gasteiger partial charge in [0.25, 0.3) is 11.8 Å². The van der Waals surface area contributed by atoms with E-state index in [9.17, 15) is 9.59 Å². The van der Waals surface area contributed by atoms with Crippen LogP contribution in [0.3, 0.4) is 0 Å². The Bertz CT molecular complexity index is 881. The quantitative estimate of drug-likeness (QED) is 0.860. The summed E-state index contributed by atoms with van der Waals surface area (Å²) in [4.78, 5) is 27.3. The molecule has 0 saturated carbocycles. The summed E-state index contributed by atoms with van der Waals surface area (Å²) in [6, 6.07) is 13.6. The van der Waals surface area contributed by atoms with Gasteiger partial charge in [0.2, 0.25) is 0 Å². The van der Waals surface area contributed by atoms with Crippen LogP contribution in [0.1, 0.15) is 51.6 Å². The van der Waals surface area contributed by atoms with Gasteiger partial charge in [0.1, 0.15) is 5.66 Å². The topological polar surface area (TPSA) is 61.4 Å². The number of fused-ring (bicyclic) bond motifs is 1. The first-order valence-corrected chi connectivity index (χ1v) is 9.60. The van der Waals surface area contributed by atoms with E-state index in [0.29, 0.717) is 31.5 Å². The fourth-order valence-electron chi connectivity index (χ4n) is 3.99. The van der Waals surface area contributed by atoms with Crippen LogP contribution in [0.25, 0.3) is 0 Å². The van der Waals surface area contributed by atoms with E-state index in [1.54, 1.807) is 0 Å². The second-order valence-corrected chi connectivity index (χ2v) is 7.50. The Labute approximate surface area is 159 Å². The Morgan fingerprint density at radius 2 is 1.78 bits per heavy atom. The van der Waals surface area contributed by atoms with Gasteiger partial charge >= 0.3 is 0 Å². The molecule has 1 spiro atoms. The number of para-hydroxylation sites is 1. The Morgan fingerprint density at radius 3 is 2.44 bits per heavy atom. The largest absolute Gasteiger partial charge is 0.362 e. The molecule has 1 fully saturated rings. The molecule has 0 atom stereocenters. The maximum atomic E-state index is 12.8. The number of nitrogens with zero attached hydrogens (tertiary/aromatic N) is 1. The number of benzene rings is 2. The highest BCUT2D eigenvalue weighted by Gasteiger charge is 2.41. The number of likely N-dealkylation sites (tertiary alicyclic amines) is 1. The monoisotopic (exact) mass is 363 g/mol. The zero-order chi connectivity index (χ0) is 19.0. The summed E-state index contributed by atoms with van der Waals surface area (Å²) in [6.45, 7) is 5.34. The predicted octanol–water partition coefficient (Wildman–Crippen LogP) is 3.35. The van der Waals surface area contributed by atoms with E-state index in [-0.39, 0.29) is 11.8 Å². The minimum Gasteiger partial charge on any atom is -0.362 e. The molecule has 2 aliphatic heterocycles. The third-order valence-corrected chi connectivity index (χ3v) is 5.75. The lowest BCUT2D eigenvalue weighted by Crippen LogP contribution is -2.62. The lowest BCUT2D eigenvalue weighted by atomic mass is 9.91. The summed E-state index contributed by atoms with van der Waals surface area (Å²) in [5, 5.41) is 6.70. The molecule has 0 unspecified atom stereocenters. The van der Waals surface area contributed by atoms with Crippen molar-refractivity contribution in [2.45, 2.75) is 38.8 Å². The Balaban J connectivity index is 1.48. The zero-order valence-electron chi connectivity index (χ0n) is 15.8. The number of hydrogen-bond donors (Lipinski definition) is 2. The Morgan fingerprint density at radius 1 is 1.07 bits per heavy atom. The van der Waals surface area contributed by atoms with E-state index in [1.165, 1.54) is 5.56 Å². The molecule has 5 heteroatoms. The van der Waals surface area contributed by atoms with E-state index in [4.69, 9.17) is 0 Å². The molecule has 2 aliphatic rings. The van der Waals surface area contributed by atoms with Crippen LogP contribution in [0.2, 0.25) is 0 Å². The average molecular weight is 363 g/mol. The van der Waals surface area contributed by atoms with Crippen molar-refractivity contribution in [3.63, 3.8) is 0 Å². The molecule has 2 aromatic rings. The zero-order valence-corrected chi connectivity index (χ0v) is 15.8. The average Bonchev–Trinajstić information content (AvgIpc) is 2.69. The first-order chi connectivity index (χ1) is 13.0. The van der Waals surface area contributed by atoms with E-state index in [2.05, 4.69) is 17.6 Å². The third-order valence-electron chi connectivity index (χ3n) is 5.75. The van der Waals surface area contributed by atoms with Crippen LogP contribution in [0, 0.1) is 6.92 Å². The van der Waals surface area contributed by atoms with Crippen molar-refractivity contribution in [3.05, 3.63) is 64.7 Å².